The van der Waals surface area contributed by atoms with Crippen molar-refractivity contribution >= 4 is 5.91 Å². The Balaban J connectivity index is 4.44. The second-order valence-corrected chi connectivity index (χ2v) is 4.45. The Bertz CT molecular complexity index is 257. The van der Waals surface area contributed by atoms with Crippen LogP contribution in [0.3, 0.4) is 0 Å². The Morgan fingerprint density at radius 2 is 2.00 bits per heavy atom. The van der Waals surface area contributed by atoms with E-state index in [1.54, 1.807) is 6.92 Å². The van der Waals surface area contributed by atoms with Crippen LogP contribution >= 0.6 is 0 Å². The summed E-state index contributed by atoms with van der Waals surface area (Å²) in [6.45, 7) is 9.72. The number of carbonyl (C=O) groups excluding carboxylic acids is 1. The first-order valence-corrected chi connectivity index (χ1v) is 5.63. The molecule has 0 rings (SSSR count). The third kappa shape index (κ3) is 3.54. The maximum Gasteiger partial charge on any atom is 0.240 e. The molecule has 0 aliphatic heterocycles. The molecule has 0 aromatic heterocycles. The summed E-state index contributed by atoms with van der Waals surface area (Å²) < 4.78 is 0. The fourth-order valence-corrected chi connectivity index (χ4v) is 1.15. The zero-order valence-corrected chi connectivity index (χ0v) is 10.4. The molecule has 3 unspecified atom stereocenters. The van der Waals surface area contributed by atoms with Gasteiger partial charge in [0, 0.05) is 6.04 Å². The second kappa shape index (κ2) is 5.75. The molecule has 1 N–H and O–H groups in total. The van der Waals surface area contributed by atoms with Crippen molar-refractivity contribution in [2.45, 2.75) is 53.5 Å². The summed E-state index contributed by atoms with van der Waals surface area (Å²) in [6.07, 6.45) is 1.57. The number of amides is 1. The molecular formula is C12H22N2O. The van der Waals surface area contributed by atoms with Crippen molar-refractivity contribution in [3.05, 3.63) is 0 Å². The first-order valence-electron chi connectivity index (χ1n) is 5.63. The van der Waals surface area contributed by atoms with Gasteiger partial charge in [-0.05, 0) is 26.2 Å². The van der Waals surface area contributed by atoms with Gasteiger partial charge in [0.05, 0.1) is 6.07 Å². The molecule has 0 heterocycles. The lowest BCUT2D eigenvalue weighted by atomic mass is 9.87. The van der Waals surface area contributed by atoms with E-state index in [0.717, 1.165) is 6.42 Å². The molecule has 0 bridgehead atoms. The highest BCUT2D eigenvalue weighted by atomic mass is 16.2. The number of carbonyl (C=O) groups is 1. The second-order valence-electron chi connectivity index (χ2n) is 4.45. The Hall–Kier alpha value is -1.04. The van der Waals surface area contributed by atoms with Crippen LogP contribution in [-0.4, -0.2) is 11.9 Å². The molecule has 86 valence electrons. The van der Waals surface area contributed by atoms with Gasteiger partial charge < -0.3 is 5.32 Å². The van der Waals surface area contributed by atoms with Crippen LogP contribution in [0.1, 0.15) is 47.5 Å². The van der Waals surface area contributed by atoms with Gasteiger partial charge in [-0.25, -0.2) is 0 Å². The summed E-state index contributed by atoms with van der Waals surface area (Å²) in [5.41, 5.74) is -0.887. The highest BCUT2D eigenvalue weighted by molar-refractivity contribution is 5.85. The van der Waals surface area contributed by atoms with Gasteiger partial charge in [0.25, 0.3) is 0 Å². The molecule has 1 amide bonds. The van der Waals surface area contributed by atoms with Crippen molar-refractivity contribution in [3.8, 4) is 6.07 Å². The minimum Gasteiger partial charge on any atom is -0.352 e. The van der Waals surface area contributed by atoms with E-state index in [4.69, 9.17) is 5.26 Å². The van der Waals surface area contributed by atoms with Gasteiger partial charge in [-0.3, -0.25) is 4.79 Å². The van der Waals surface area contributed by atoms with Gasteiger partial charge in [0.2, 0.25) is 5.91 Å². The molecule has 0 saturated heterocycles. The molecule has 3 atom stereocenters. The fourth-order valence-electron chi connectivity index (χ4n) is 1.15. The number of rotatable bonds is 5. The van der Waals surface area contributed by atoms with E-state index in [1.165, 1.54) is 0 Å². The van der Waals surface area contributed by atoms with Gasteiger partial charge in [-0.2, -0.15) is 5.26 Å². The van der Waals surface area contributed by atoms with Crippen LogP contribution in [0, 0.1) is 22.7 Å². The summed E-state index contributed by atoms with van der Waals surface area (Å²) in [4.78, 5) is 11.8. The fraction of sp³-hybridized carbons (Fsp3) is 0.833. The predicted octanol–water partition coefficient (Wildman–Crippen LogP) is 2.48. The SMILES string of the molecule is CCC(C)C(C)NC(=O)C(C)(C#N)CC. The monoisotopic (exact) mass is 210 g/mol. The van der Waals surface area contributed by atoms with Gasteiger partial charge in [-0.1, -0.05) is 27.2 Å². The third-order valence-electron chi connectivity index (χ3n) is 3.31. The molecule has 0 aliphatic rings. The van der Waals surface area contributed by atoms with Gasteiger partial charge in [0.15, 0.2) is 0 Å². The molecular weight excluding hydrogens is 188 g/mol. The van der Waals surface area contributed by atoms with E-state index in [1.807, 2.05) is 13.8 Å². The smallest absolute Gasteiger partial charge is 0.240 e. The van der Waals surface area contributed by atoms with E-state index in [9.17, 15) is 4.79 Å². The molecule has 0 fully saturated rings. The number of nitriles is 1. The van der Waals surface area contributed by atoms with E-state index < -0.39 is 5.41 Å². The zero-order valence-electron chi connectivity index (χ0n) is 10.4. The lowest BCUT2D eigenvalue weighted by molar-refractivity contribution is -0.128. The van der Waals surface area contributed by atoms with Crippen molar-refractivity contribution < 1.29 is 4.79 Å². The highest BCUT2D eigenvalue weighted by Gasteiger charge is 2.32. The van der Waals surface area contributed by atoms with Crippen LogP contribution < -0.4 is 5.32 Å². The van der Waals surface area contributed by atoms with Crippen LogP contribution in [0.2, 0.25) is 0 Å². The van der Waals surface area contributed by atoms with Crippen molar-refractivity contribution in [1.82, 2.24) is 5.32 Å². The van der Waals surface area contributed by atoms with Crippen LogP contribution in [-0.2, 0) is 4.79 Å². The van der Waals surface area contributed by atoms with Crippen LogP contribution in [0.4, 0.5) is 0 Å². The number of hydrogen-bond donors (Lipinski definition) is 1. The number of hydrogen-bond acceptors (Lipinski definition) is 2. The van der Waals surface area contributed by atoms with Crippen molar-refractivity contribution in [2.75, 3.05) is 0 Å². The van der Waals surface area contributed by atoms with E-state index in [0.29, 0.717) is 12.3 Å². The minimum absolute atomic E-state index is 0.127. The summed E-state index contributed by atoms with van der Waals surface area (Å²) in [7, 11) is 0. The van der Waals surface area contributed by atoms with Gasteiger partial charge in [0.1, 0.15) is 5.41 Å². The molecule has 0 saturated carbocycles. The summed E-state index contributed by atoms with van der Waals surface area (Å²) >= 11 is 0. The first kappa shape index (κ1) is 14.0. The average molecular weight is 210 g/mol. The van der Waals surface area contributed by atoms with E-state index in [-0.39, 0.29) is 11.9 Å². The summed E-state index contributed by atoms with van der Waals surface area (Å²) in [5.74, 6) is 0.286. The molecule has 15 heavy (non-hydrogen) atoms. The lowest BCUT2D eigenvalue weighted by Crippen LogP contribution is -2.44. The number of nitrogens with zero attached hydrogens (tertiary/aromatic N) is 1. The molecule has 0 aromatic rings. The molecule has 0 radical (unpaired) electrons. The zero-order chi connectivity index (χ0) is 12.1. The lowest BCUT2D eigenvalue weighted by Gasteiger charge is -2.25. The Morgan fingerprint density at radius 1 is 1.47 bits per heavy atom. The Morgan fingerprint density at radius 3 is 2.33 bits per heavy atom. The van der Waals surface area contributed by atoms with E-state index in [2.05, 4.69) is 25.2 Å². The van der Waals surface area contributed by atoms with Crippen molar-refractivity contribution in [2.24, 2.45) is 11.3 Å². The average Bonchev–Trinajstić information content (AvgIpc) is 2.26. The van der Waals surface area contributed by atoms with E-state index >= 15 is 0 Å². The standard InChI is InChI=1S/C12H22N2O/c1-6-9(3)10(4)14-11(15)12(5,7-2)8-13/h9-10H,6-7H2,1-5H3,(H,14,15). The van der Waals surface area contributed by atoms with Gasteiger partial charge in [-0.15, -0.1) is 0 Å². The molecule has 3 nitrogen and oxygen atoms in total. The van der Waals surface area contributed by atoms with Crippen LogP contribution in [0.5, 0.6) is 0 Å². The van der Waals surface area contributed by atoms with Crippen molar-refractivity contribution in [3.63, 3.8) is 0 Å². The van der Waals surface area contributed by atoms with Crippen LogP contribution in [0.15, 0.2) is 0 Å². The molecule has 0 aromatic carbocycles. The Labute approximate surface area is 92.9 Å². The first-order chi connectivity index (χ1) is 6.91. The summed E-state index contributed by atoms with van der Waals surface area (Å²) in [6, 6.07) is 2.20. The topological polar surface area (TPSA) is 52.9 Å². The maximum absolute atomic E-state index is 11.8. The third-order valence-corrected chi connectivity index (χ3v) is 3.31. The predicted molar refractivity (Wildman–Crippen MR) is 61.1 cm³/mol. The molecule has 0 aliphatic carbocycles. The molecule has 3 heteroatoms. The minimum atomic E-state index is -0.887. The maximum atomic E-state index is 11.8. The quantitative estimate of drug-likeness (QED) is 0.758. The van der Waals surface area contributed by atoms with Gasteiger partial charge >= 0.3 is 0 Å². The molecule has 0 spiro atoms. The number of nitrogens with one attached hydrogen (secondary N) is 1. The Kier molecular flexibility index (Phi) is 5.35. The van der Waals surface area contributed by atoms with Crippen LogP contribution in [0.25, 0.3) is 0 Å². The van der Waals surface area contributed by atoms with Crippen molar-refractivity contribution in [1.29, 1.82) is 5.26 Å². The highest BCUT2D eigenvalue weighted by Crippen LogP contribution is 2.20. The summed E-state index contributed by atoms with van der Waals surface area (Å²) in [5, 5.41) is 11.9. The largest absolute Gasteiger partial charge is 0.352 e. The normalized spacial score (nSPS) is 18.4.